The molecule has 0 atom stereocenters. The SMILES string of the molecule is CCCc1[nH]cnc1C(C)C. The summed E-state index contributed by atoms with van der Waals surface area (Å²) in [6, 6.07) is 0. The van der Waals surface area contributed by atoms with Crippen molar-refractivity contribution in [2.75, 3.05) is 0 Å². The molecular formula is C9H16N2. The van der Waals surface area contributed by atoms with E-state index in [1.54, 1.807) is 6.33 Å². The van der Waals surface area contributed by atoms with Crippen LogP contribution in [-0.4, -0.2) is 9.97 Å². The summed E-state index contributed by atoms with van der Waals surface area (Å²) in [5, 5.41) is 0. The van der Waals surface area contributed by atoms with Gasteiger partial charge in [0.25, 0.3) is 0 Å². The van der Waals surface area contributed by atoms with Crippen LogP contribution in [-0.2, 0) is 6.42 Å². The normalized spacial score (nSPS) is 10.9. The van der Waals surface area contributed by atoms with Crippen LogP contribution in [0.5, 0.6) is 0 Å². The van der Waals surface area contributed by atoms with Crippen molar-refractivity contribution in [3.8, 4) is 0 Å². The van der Waals surface area contributed by atoms with Crippen LogP contribution < -0.4 is 0 Å². The molecule has 2 nitrogen and oxygen atoms in total. The van der Waals surface area contributed by atoms with Crippen molar-refractivity contribution in [3.05, 3.63) is 17.7 Å². The Hall–Kier alpha value is -0.790. The molecular weight excluding hydrogens is 136 g/mol. The molecule has 0 aliphatic rings. The van der Waals surface area contributed by atoms with Crippen molar-refractivity contribution >= 4 is 0 Å². The first-order valence-corrected chi connectivity index (χ1v) is 4.27. The van der Waals surface area contributed by atoms with E-state index in [4.69, 9.17) is 0 Å². The highest BCUT2D eigenvalue weighted by molar-refractivity contribution is 5.14. The number of aryl methyl sites for hydroxylation is 1. The molecule has 0 aromatic carbocycles. The summed E-state index contributed by atoms with van der Waals surface area (Å²) in [6.07, 6.45) is 4.09. The molecule has 11 heavy (non-hydrogen) atoms. The number of nitrogens with one attached hydrogen (secondary N) is 1. The molecule has 0 aliphatic carbocycles. The van der Waals surface area contributed by atoms with Gasteiger partial charge in [-0.2, -0.15) is 0 Å². The third-order valence-corrected chi connectivity index (χ3v) is 1.80. The standard InChI is InChI=1S/C9H16N2/c1-4-5-8-9(7(2)3)11-6-10-8/h6-7H,4-5H2,1-3H3,(H,10,11). The molecule has 0 aliphatic heterocycles. The number of aromatic nitrogens is 2. The number of hydrogen-bond donors (Lipinski definition) is 1. The Morgan fingerprint density at radius 2 is 2.27 bits per heavy atom. The minimum Gasteiger partial charge on any atom is -0.348 e. The van der Waals surface area contributed by atoms with Crippen LogP contribution in [0.1, 0.15) is 44.5 Å². The largest absolute Gasteiger partial charge is 0.348 e. The summed E-state index contributed by atoms with van der Waals surface area (Å²) in [5.74, 6) is 0.544. The van der Waals surface area contributed by atoms with Crippen LogP contribution in [0, 0.1) is 0 Å². The Morgan fingerprint density at radius 1 is 1.55 bits per heavy atom. The van der Waals surface area contributed by atoms with Crippen LogP contribution in [0.3, 0.4) is 0 Å². The van der Waals surface area contributed by atoms with E-state index in [-0.39, 0.29) is 0 Å². The van der Waals surface area contributed by atoms with E-state index in [0.29, 0.717) is 5.92 Å². The molecule has 0 spiro atoms. The maximum atomic E-state index is 4.28. The zero-order valence-electron chi connectivity index (χ0n) is 7.52. The Morgan fingerprint density at radius 3 is 2.82 bits per heavy atom. The van der Waals surface area contributed by atoms with Crippen LogP contribution in [0.25, 0.3) is 0 Å². The highest BCUT2D eigenvalue weighted by Gasteiger charge is 2.07. The fourth-order valence-electron chi connectivity index (χ4n) is 1.28. The molecule has 1 N–H and O–H groups in total. The predicted molar refractivity (Wildman–Crippen MR) is 46.7 cm³/mol. The molecule has 1 aromatic heterocycles. The molecule has 0 radical (unpaired) electrons. The van der Waals surface area contributed by atoms with Crippen molar-refractivity contribution in [1.82, 2.24) is 9.97 Å². The summed E-state index contributed by atoms with van der Waals surface area (Å²) >= 11 is 0. The average molecular weight is 152 g/mol. The molecule has 2 heteroatoms. The summed E-state index contributed by atoms with van der Waals surface area (Å²) in [5.41, 5.74) is 2.54. The van der Waals surface area contributed by atoms with Gasteiger partial charge in [-0.1, -0.05) is 27.2 Å². The molecule has 0 fully saturated rings. The third-order valence-electron chi connectivity index (χ3n) is 1.80. The van der Waals surface area contributed by atoms with Gasteiger partial charge < -0.3 is 4.98 Å². The van der Waals surface area contributed by atoms with E-state index < -0.39 is 0 Å². The van der Waals surface area contributed by atoms with E-state index in [2.05, 4.69) is 30.7 Å². The van der Waals surface area contributed by atoms with Crippen molar-refractivity contribution in [3.63, 3.8) is 0 Å². The molecule has 0 bridgehead atoms. The highest BCUT2D eigenvalue weighted by Crippen LogP contribution is 2.15. The number of hydrogen-bond acceptors (Lipinski definition) is 1. The maximum Gasteiger partial charge on any atom is 0.0925 e. The Labute approximate surface area is 68.0 Å². The monoisotopic (exact) mass is 152 g/mol. The lowest BCUT2D eigenvalue weighted by molar-refractivity contribution is 0.789. The number of imidazole rings is 1. The van der Waals surface area contributed by atoms with Crippen molar-refractivity contribution < 1.29 is 0 Å². The molecule has 0 unspecified atom stereocenters. The van der Waals surface area contributed by atoms with Crippen LogP contribution in [0.2, 0.25) is 0 Å². The van der Waals surface area contributed by atoms with Crippen LogP contribution in [0.4, 0.5) is 0 Å². The second-order valence-corrected chi connectivity index (χ2v) is 3.17. The first kappa shape index (κ1) is 8.31. The van der Waals surface area contributed by atoms with E-state index >= 15 is 0 Å². The van der Waals surface area contributed by atoms with Gasteiger partial charge in [-0.3, -0.25) is 0 Å². The number of aromatic amines is 1. The van der Waals surface area contributed by atoms with E-state index in [1.807, 2.05) is 0 Å². The van der Waals surface area contributed by atoms with Crippen LogP contribution in [0.15, 0.2) is 6.33 Å². The molecule has 1 rings (SSSR count). The smallest absolute Gasteiger partial charge is 0.0925 e. The molecule has 0 amide bonds. The van der Waals surface area contributed by atoms with Gasteiger partial charge in [0.1, 0.15) is 0 Å². The fraction of sp³-hybridized carbons (Fsp3) is 0.667. The van der Waals surface area contributed by atoms with Crippen LogP contribution >= 0.6 is 0 Å². The minimum atomic E-state index is 0.544. The summed E-state index contributed by atoms with van der Waals surface area (Å²) in [6.45, 7) is 6.54. The lowest BCUT2D eigenvalue weighted by Gasteiger charge is -2.03. The van der Waals surface area contributed by atoms with Gasteiger partial charge in [-0.05, 0) is 12.3 Å². The lowest BCUT2D eigenvalue weighted by atomic mass is 10.1. The van der Waals surface area contributed by atoms with E-state index in [0.717, 1.165) is 6.42 Å². The molecule has 1 heterocycles. The maximum absolute atomic E-state index is 4.28. The predicted octanol–water partition coefficient (Wildman–Crippen LogP) is 2.49. The molecule has 0 saturated carbocycles. The van der Waals surface area contributed by atoms with Crippen molar-refractivity contribution in [2.24, 2.45) is 0 Å². The van der Waals surface area contributed by atoms with Gasteiger partial charge in [0, 0.05) is 5.69 Å². The minimum absolute atomic E-state index is 0.544. The number of nitrogens with zero attached hydrogens (tertiary/aromatic N) is 1. The second-order valence-electron chi connectivity index (χ2n) is 3.17. The van der Waals surface area contributed by atoms with Gasteiger partial charge in [0.2, 0.25) is 0 Å². The van der Waals surface area contributed by atoms with Crippen molar-refractivity contribution in [1.29, 1.82) is 0 Å². The molecule has 1 aromatic rings. The van der Waals surface area contributed by atoms with Gasteiger partial charge in [-0.15, -0.1) is 0 Å². The summed E-state index contributed by atoms with van der Waals surface area (Å²) in [7, 11) is 0. The lowest BCUT2D eigenvalue weighted by Crippen LogP contribution is -1.94. The average Bonchev–Trinajstić information content (AvgIpc) is 2.36. The first-order valence-electron chi connectivity index (χ1n) is 4.27. The highest BCUT2D eigenvalue weighted by atomic mass is 14.9. The molecule has 62 valence electrons. The van der Waals surface area contributed by atoms with E-state index in [9.17, 15) is 0 Å². The first-order chi connectivity index (χ1) is 5.25. The quantitative estimate of drug-likeness (QED) is 0.708. The van der Waals surface area contributed by atoms with Gasteiger partial charge in [-0.25, -0.2) is 4.98 Å². The van der Waals surface area contributed by atoms with E-state index in [1.165, 1.54) is 17.8 Å². The Bertz CT molecular complexity index is 213. The third kappa shape index (κ3) is 1.82. The Balaban J connectivity index is 2.78. The van der Waals surface area contributed by atoms with Gasteiger partial charge in [0.15, 0.2) is 0 Å². The number of rotatable bonds is 3. The summed E-state index contributed by atoms with van der Waals surface area (Å²) < 4.78 is 0. The Kier molecular flexibility index (Phi) is 2.69. The fourth-order valence-corrected chi connectivity index (χ4v) is 1.28. The van der Waals surface area contributed by atoms with Gasteiger partial charge in [0.05, 0.1) is 12.0 Å². The van der Waals surface area contributed by atoms with Crippen molar-refractivity contribution in [2.45, 2.75) is 39.5 Å². The zero-order chi connectivity index (χ0) is 8.27. The summed E-state index contributed by atoms with van der Waals surface area (Å²) in [4.78, 5) is 7.46. The number of H-pyrrole nitrogens is 1. The van der Waals surface area contributed by atoms with Gasteiger partial charge >= 0.3 is 0 Å². The molecule has 0 saturated heterocycles. The second kappa shape index (κ2) is 3.56. The zero-order valence-corrected chi connectivity index (χ0v) is 7.52. The topological polar surface area (TPSA) is 28.7 Å².